The van der Waals surface area contributed by atoms with E-state index >= 15 is 0 Å². The summed E-state index contributed by atoms with van der Waals surface area (Å²) >= 11 is 11.6. The standard InChI is InChI=1S/C9H10Cl2FN/c10-6-1-2-7(8(11)5-6)9(13)3-4-12/h1-2,5,9H,3-4,13H2/t9-/m0/s1. The van der Waals surface area contributed by atoms with Gasteiger partial charge in [0.1, 0.15) is 0 Å². The summed E-state index contributed by atoms with van der Waals surface area (Å²) in [5.74, 6) is 0. The van der Waals surface area contributed by atoms with E-state index < -0.39 is 6.67 Å². The Balaban J connectivity index is 2.88. The van der Waals surface area contributed by atoms with Crippen molar-refractivity contribution in [2.45, 2.75) is 12.5 Å². The Morgan fingerprint density at radius 1 is 1.38 bits per heavy atom. The van der Waals surface area contributed by atoms with Gasteiger partial charge in [0.05, 0.1) is 6.67 Å². The van der Waals surface area contributed by atoms with Gasteiger partial charge in [0.2, 0.25) is 0 Å². The van der Waals surface area contributed by atoms with Crippen LogP contribution in [0.3, 0.4) is 0 Å². The monoisotopic (exact) mass is 221 g/mol. The fraction of sp³-hybridized carbons (Fsp3) is 0.333. The highest BCUT2D eigenvalue weighted by Crippen LogP contribution is 2.26. The van der Waals surface area contributed by atoms with Gasteiger partial charge in [0, 0.05) is 16.1 Å². The van der Waals surface area contributed by atoms with Crippen molar-refractivity contribution in [1.29, 1.82) is 0 Å². The van der Waals surface area contributed by atoms with Gasteiger partial charge in [-0.05, 0) is 24.1 Å². The Morgan fingerprint density at radius 3 is 2.62 bits per heavy atom. The fourth-order valence-corrected chi connectivity index (χ4v) is 1.62. The van der Waals surface area contributed by atoms with E-state index in [0.717, 1.165) is 5.56 Å². The van der Waals surface area contributed by atoms with E-state index in [1.54, 1.807) is 18.2 Å². The summed E-state index contributed by atoms with van der Waals surface area (Å²) in [6, 6.07) is 4.68. The second-order valence-electron chi connectivity index (χ2n) is 2.75. The molecule has 1 atom stereocenters. The molecule has 2 N–H and O–H groups in total. The Morgan fingerprint density at radius 2 is 2.08 bits per heavy atom. The molecule has 0 unspecified atom stereocenters. The number of nitrogens with two attached hydrogens (primary N) is 1. The van der Waals surface area contributed by atoms with Crippen molar-refractivity contribution in [2.24, 2.45) is 5.73 Å². The minimum atomic E-state index is -0.444. The molecule has 0 aliphatic heterocycles. The number of rotatable bonds is 3. The molecule has 1 nitrogen and oxygen atoms in total. The fourth-order valence-electron chi connectivity index (χ4n) is 1.08. The third-order valence-corrected chi connectivity index (χ3v) is 2.34. The molecule has 4 heteroatoms. The zero-order valence-corrected chi connectivity index (χ0v) is 8.45. The molecule has 72 valence electrons. The smallest absolute Gasteiger partial charge is 0.0912 e. The molecule has 0 saturated heterocycles. The van der Waals surface area contributed by atoms with E-state index in [4.69, 9.17) is 28.9 Å². The molecule has 0 aliphatic rings. The van der Waals surface area contributed by atoms with E-state index in [1.807, 2.05) is 0 Å². The van der Waals surface area contributed by atoms with Crippen LogP contribution in [0.25, 0.3) is 0 Å². The van der Waals surface area contributed by atoms with Crippen LogP contribution in [-0.4, -0.2) is 6.67 Å². The topological polar surface area (TPSA) is 26.0 Å². The molecule has 0 spiro atoms. The van der Waals surface area contributed by atoms with Crippen LogP contribution in [0.1, 0.15) is 18.0 Å². The highest BCUT2D eigenvalue weighted by molar-refractivity contribution is 6.35. The van der Waals surface area contributed by atoms with Gasteiger partial charge in [-0.25, -0.2) is 0 Å². The summed E-state index contributed by atoms with van der Waals surface area (Å²) in [5.41, 5.74) is 6.43. The SMILES string of the molecule is N[C@@H](CCF)c1ccc(Cl)cc1Cl. The molecule has 0 aromatic heterocycles. The molecule has 1 aromatic rings. The third-order valence-electron chi connectivity index (χ3n) is 1.78. The van der Waals surface area contributed by atoms with Crippen LogP contribution < -0.4 is 5.73 Å². The van der Waals surface area contributed by atoms with Crippen LogP contribution in [-0.2, 0) is 0 Å². The van der Waals surface area contributed by atoms with Gasteiger partial charge < -0.3 is 5.73 Å². The van der Waals surface area contributed by atoms with Gasteiger partial charge in [0.15, 0.2) is 0 Å². The summed E-state index contributed by atoms with van der Waals surface area (Å²) < 4.78 is 12.0. The van der Waals surface area contributed by atoms with Gasteiger partial charge in [-0.15, -0.1) is 0 Å². The molecule has 0 aliphatic carbocycles. The van der Waals surface area contributed by atoms with Gasteiger partial charge >= 0.3 is 0 Å². The van der Waals surface area contributed by atoms with Crippen molar-refractivity contribution in [1.82, 2.24) is 0 Å². The first-order valence-electron chi connectivity index (χ1n) is 3.91. The number of hydrogen-bond acceptors (Lipinski definition) is 1. The minimum absolute atomic E-state index is 0.279. The zero-order chi connectivity index (χ0) is 9.84. The average Bonchev–Trinajstić information content (AvgIpc) is 2.04. The lowest BCUT2D eigenvalue weighted by atomic mass is 10.1. The Kier molecular flexibility index (Phi) is 3.97. The van der Waals surface area contributed by atoms with Crippen molar-refractivity contribution in [3.63, 3.8) is 0 Å². The molecule has 0 saturated carbocycles. The predicted octanol–water partition coefficient (Wildman–Crippen LogP) is 3.35. The van der Waals surface area contributed by atoms with Crippen LogP contribution in [0.2, 0.25) is 10.0 Å². The molecule has 0 heterocycles. The van der Waals surface area contributed by atoms with Crippen LogP contribution in [0.5, 0.6) is 0 Å². The highest BCUT2D eigenvalue weighted by Gasteiger charge is 2.09. The van der Waals surface area contributed by atoms with Crippen LogP contribution in [0, 0.1) is 0 Å². The first-order valence-corrected chi connectivity index (χ1v) is 4.67. The van der Waals surface area contributed by atoms with E-state index in [2.05, 4.69) is 0 Å². The summed E-state index contributed by atoms with van der Waals surface area (Å²) in [5, 5.41) is 1.05. The maximum atomic E-state index is 12.0. The van der Waals surface area contributed by atoms with E-state index in [9.17, 15) is 4.39 Å². The normalized spacial score (nSPS) is 12.9. The largest absolute Gasteiger partial charge is 0.324 e. The second kappa shape index (κ2) is 4.80. The first-order chi connectivity index (χ1) is 6.15. The molecule has 0 fully saturated rings. The van der Waals surface area contributed by atoms with Crippen molar-refractivity contribution < 1.29 is 4.39 Å². The molecular formula is C9H10Cl2FN. The van der Waals surface area contributed by atoms with Gasteiger partial charge in [0.25, 0.3) is 0 Å². The number of hydrogen-bond donors (Lipinski definition) is 1. The van der Waals surface area contributed by atoms with Gasteiger partial charge in [-0.1, -0.05) is 29.3 Å². The maximum absolute atomic E-state index is 12.0. The lowest BCUT2D eigenvalue weighted by Crippen LogP contribution is -2.11. The van der Waals surface area contributed by atoms with E-state index in [0.29, 0.717) is 10.0 Å². The van der Waals surface area contributed by atoms with Crippen molar-refractivity contribution in [3.05, 3.63) is 33.8 Å². The molecule has 1 rings (SSSR count). The Hall–Kier alpha value is -0.310. The third kappa shape index (κ3) is 2.83. The summed E-state index contributed by atoms with van der Waals surface area (Å²) in [6.45, 7) is -0.444. The lowest BCUT2D eigenvalue weighted by Gasteiger charge is -2.11. The van der Waals surface area contributed by atoms with E-state index in [-0.39, 0.29) is 12.5 Å². The van der Waals surface area contributed by atoms with Gasteiger partial charge in [-0.2, -0.15) is 0 Å². The maximum Gasteiger partial charge on any atom is 0.0912 e. The Bertz CT molecular complexity index is 291. The minimum Gasteiger partial charge on any atom is -0.324 e. The van der Waals surface area contributed by atoms with Crippen LogP contribution in [0.4, 0.5) is 4.39 Å². The lowest BCUT2D eigenvalue weighted by molar-refractivity contribution is 0.442. The second-order valence-corrected chi connectivity index (χ2v) is 3.59. The molecule has 0 amide bonds. The van der Waals surface area contributed by atoms with Crippen LogP contribution >= 0.6 is 23.2 Å². The quantitative estimate of drug-likeness (QED) is 0.833. The molecule has 0 bridgehead atoms. The van der Waals surface area contributed by atoms with Crippen molar-refractivity contribution >= 4 is 23.2 Å². The highest BCUT2D eigenvalue weighted by atomic mass is 35.5. The van der Waals surface area contributed by atoms with Crippen molar-refractivity contribution in [2.75, 3.05) is 6.67 Å². The molecule has 13 heavy (non-hydrogen) atoms. The number of alkyl halides is 1. The van der Waals surface area contributed by atoms with E-state index in [1.165, 1.54) is 0 Å². The predicted molar refractivity (Wildman–Crippen MR) is 54.0 cm³/mol. The zero-order valence-electron chi connectivity index (χ0n) is 6.93. The summed E-state index contributed by atoms with van der Waals surface area (Å²) in [6.07, 6.45) is 0.279. The van der Waals surface area contributed by atoms with Crippen molar-refractivity contribution in [3.8, 4) is 0 Å². The van der Waals surface area contributed by atoms with Crippen LogP contribution in [0.15, 0.2) is 18.2 Å². The summed E-state index contributed by atoms with van der Waals surface area (Å²) in [7, 11) is 0. The molecule has 1 aromatic carbocycles. The average molecular weight is 222 g/mol. The van der Waals surface area contributed by atoms with Gasteiger partial charge in [-0.3, -0.25) is 4.39 Å². The number of halogens is 3. The number of benzene rings is 1. The summed E-state index contributed by atoms with van der Waals surface area (Å²) in [4.78, 5) is 0. The first kappa shape index (κ1) is 10.8. The molecular weight excluding hydrogens is 212 g/mol. The Labute approximate surface area is 86.6 Å². The molecule has 0 radical (unpaired) electrons.